The van der Waals surface area contributed by atoms with Gasteiger partial charge in [-0.3, -0.25) is 0 Å². The largest absolute Gasteiger partial charge is 0.310 e. The fraction of sp³-hybridized carbons (Fsp3) is 0. The summed E-state index contributed by atoms with van der Waals surface area (Å²) in [6, 6.07) is 90.8. The lowest BCUT2D eigenvalue weighted by Crippen LogP contribution is -2.15. The summed E-state index contributed by atoms with van der Waals surface area (Å²) in [5.74, 6) is 0. The zero-order valence-electron chi connectivity index (χ0n) is 35.5. The summed E-state index contributed by atoms with van der Waals surface area (Å²) in [5, 5.41) is 7.46. The molecule has 0 unspecified atom stereocenters. The molecule has 3 heteroatoms. The second kappa shape index (κ2) is 15.0. The van der Waals surface area contributed by atoms with Gasteiger partial charge in [-0.05, 0) is 129 Å². The molecule has 0 saturated heterocycles. The first-order valence-corrected chi connectivity index (χ1v) is 22.3. The monoisotopic (exact) mass is 827 g/mol. The van der Waals surface area contributed by atoms with Crippen molar-refractivity contribution >= 4 is 77.5 Å². The normalized spacial score (nSPS) is 12.0. The lowest BCUT2D eigenvalue weighted by Gasteiger charge is -2.34. The van der Waals surface area contributed by atoms with Crippen LogP contribution in [-0.2, 0) is 0 Å². The minimum atomic E-state index is 1.09. The van der Waals surface area contributed by atoms with E-state index in [-0.39, 0.29) is 0 Å². The smallest absolute Gasteiger partial charge is 0.0561 e. The molecule has 0 aliphatic carbocycles. The molecule has 65 heavy (non-hydrogen) atoms. The molecule has 0 spiro atoms. The second-order valence-electron chi connectivity index (χ2n) is 17.0. The van der Waals surface area contributed by atoms with E-state index in [1.165, 1.54) is 88.1 Å². The maximum Gasteiger partial charge on any atom is 0.0561 e. The molecule has 0 saturated carbocycles. The van der Waals surface area contributed by atoms with Gasteiger partial charge in [-0.15, -0.1) is 0 Å². The zero-order valence-corrected chi connectivity index (χ0v) is 35.5. The van der Waals surface area contributed by atoms with E-state index in [0.29, 0.717) is 0 Å². The molecule has 1 aliphatic rings. The number of aromatic nitrogens is 1. The molecule has 13 rings (SSSR count). The van der Waals surface area contributed by atoms with Crippen LogP contribution in [0.2, 0.25) is 0 Å². The van der Waals surface area contributed by atoms with E-state index >= 15 is 0 Å². The summed E-state index contributed by atoms with van der Waals surface area (Å²) in [5.41, 5.74) is 17.5. The van der Waals surface area contributed by atoms with Gasteiger partial charge in [0.25, 0.3) is 0 Å². The van der Waals surface area contributed by atoms with Crippen molar-refractivity contribution in [2.45, 2.75) is 0 Å². The van der Waals surface area contributed by atoms with E-state index < -0.39 is 0 Å². The van der Waals surface area contributed by atoms with Crippen LogP contribution in [-0.4, -0.2) is 4.57 Å². The first-order chi connectivity index (χ1) is 32.2. The summed E-state index contributed by atoms with van der Waals surface area (Å²) in [6.07, 6.45) is 0. The van der Waals surface area contributed by atoms with Crippen LogP contribution in [0.5, 0.6) is 0 Å². The Balaban J connectivity index is 0.938. The average Bonchev–Trinajstić information content (AvgIpc) is 3.71. The lowest BCUT2D eigenvalue weighted by molar-refractivity contribution is 1.18. The van der Waals surface area contributed by atoms with Crippen LogP contribution in [0, 0.1) is 0 Å². The van der Waals surface area contributed by atoms with Crippen molar-refractivity contribution in [1.82, 2.24) is 4.57 Å². The van der Waals surface area contributed by atoms with Crippen molar-refractivity contribution in [3.8, 4) is 39.1 Å². The third kappa shape index (κ3) is 6.12. The van der Waals surface area contributed by atoms with Gasteiger partial charge in [-0.1, -0.05) is 164 Å². The molecule has 0 amide bonds. The molecular formula is C62H41N3. The molecular weight excluding hydrogens is 787 g/mol. The Bertz CT molecular complexity index is 3750. The SMILES string of the molecule is c1ccc(-c2ccc(N(c3ccc(-c4ccc5c(c4)-c4cccc6cccc(c46)N5c4ccc5ccccc5c4)cc3)c3ccc4c5ccccc5n(-c5ccccc5)c4c3)cc2)cc1. The first-order valence-electron chi connectivity index (χ1n) is 22.3. The van der Waals surface area contributed by atoms with Gasteiger partial charge < -0.3 is 14.4 Å². The van der Waals surface area contributed by atoms with Crippen LogP contribution in [0.4, 0.5) is 34.1 Å². The summed E-state index contributed by atoms with van der Waals surface area (Å²) in [7, 11) is 0. The van der Waals surface area contributed by atoms with E-state index in [9.17, 15) is 0 Å². The number of fused-ring (bicyclic) bond motifs is 6. The van der Waals surface area contributed by atoms with Gasteiger partial charge in [0.2, 0.25) is 0 Å². The van der Waals surface area contributed by atoms with Crippen LogP contribution < -0.4 is 9.80 Å². The number of benzene rings is 11. The van der Waals surface area contributed by atoms with E-state index in [1.54, 1.807) is 0 Å². The van der Waals surface area contributed by atoms with Crippen LogP contribution in [0.3, 0.4) is 0 Å². The standard InChI is InChI=1S/C62H41N3/c1-3-13-42(14-4-1)44-25-31-50(32-26-44)63(53-36-37-55-54-21-9-10-23-58(54)64(61(55)41-53)49-19-5-2-6-20-49)51-33-27-45(28-34-51)48-30-38-59-57(40-48)56-22-11-17-46-18-12-24-60(62(46)56)65(59)52-35-29-43-15-7-8-16-47(43)39-52/h1-41H. The Labute approximate surface area is 377 Å². The topological polar surface area (TPSA) is 11.4 Å². The van der Waals surface area contributed by atoms with Crippen LogP contribution in [0.1, 0.15) is 0 Å². The van der Waals surface area contributed by atoms with Crippen molar-refractivity contribution in [3.05, 3.63) is 249 Å². The maximum absolute atomic E-state index is 2.44. The van der Waals surface area contributed by atoms with Crippen LogP contribution in [0.25, 0.3) is 82.4 Å². The van der Waals surface area contributed by atoms with Gasteiger partial charge >= 0.3 is 0 Å². The highest BCUT2D eigenvalue weighted by atomic mass is 15.2. The molecule has 0 atom stereocenters. The van der Waals surface area contributed by atoms with Crippen molar-refractivity contribution in [2.24, 2.45) is 0 Å². The summed E-state index contributed by atoms with van der Waals surface area (Å²) < 4.78 is 2.39. The molecule has 3 nitrogen and oxygen atoms in total. The summed E-state index contributed by atoms with van der Waals surface area (Å²) in [4.78, 5) is 4.83. The molecule has 0 radical (unpaired) electrons. The van der Waals surface area contributed by atoms with E-state index in [4.69, 9.17) is 0 Å². The number of para-hydroxylation sites is 2. The van der Waals surface area contributed by atoms with Gasteiger partial charge in [0.05, 0.1) is 22.4 Å². The Hall–Kier alpha value is -8.66. The van der Waals surface area contributed by atoms with E-state index in [0.717, 1.165) is 28.4 Å². The predicted molar refractivity (Wildman–Crippen MR) is 275 cm³/mol. The molecule has 1 aromatic heterocycles. The number of nitrogens with zero attached hydrogens (tertiary/aromatic N) is 3. The quantitative estimate of drug-likeness (QED) is 0.159. The Morgan fingerprint density at radius 2 is 0.892 bits per heavy atom. The van der Waals surface area contributed by atoms with Gasteiger partial charge in [-0.2, -0.15) is 0 Å². The third-order valence-electron chi connectivity index (χ3n) is 13.3. The zero-order chi connectivity index (χ0) is 42.8. The van der Waals surface area contributed by atoms with Gasteiger partial charge in [0.1, 0.15) is 0 Å². The molecule has 0 fully saturated rings. The van der Waals surface area contributed by atoms with Crippen molar-refractivity contribution in [3.63, 3.8) is 0 Å². The first kappa shape index (κ1) is 36.9. The lowest BCUT2D eigenvalue weighted by atomic mass is 9.88. The second-order valence-corrected chi connectivity index (χ2v) is 17.0. The molecule has 12 aromatic rings. The molecule has 2 heterocycles. The highest BCUT2D eigenvalue weighted by molar-refractivity contribution is 6.15. The summed E-state index contributed by atoms with van der Waals surface area (Å²) >= 11 is 0. The third-order valence-corrected chi connectivity index (χ3v) is 13.3. The molecule has 11 aromatic carbocycles. The minimum Gasteiger partial charge on any atom is -0.310 e. The average molecular weight is 828 g/mol. The van der Waals surface area contributed by atoms with E-state index in [2.05, 4.69) is 263 Å². The number of hydrogen-bond acceptors (Lipinski definition) is 2. The van der Waals surface area contributed by atoms with Crippen LogP contribution >= 0.6 is 0 Å². The van der Waals surface area contributed by atoms with Gasteiger partial charge in [-0.25, -0.2) is 0 Å². The van der Waals surface area contributed by atoms with Crippen LogP contribution in [0.15, 0.2) is 249 Å². The number of anilines is 6. The molecule has 304 valence electrons. The van der Waals surface area contributed by atoms with Gasteiger partial charge in [0.15, 0.2) is 0 Å². The van der Waals surface area contributed by atoms with E-state index in [1.807, 2.05) is 0 Å². The fourth-order valence-corrected chi connectivity index (χ4v) is 10.2. The van der Waals surface area contributed by atoms with Gasteiger partial charge in [0, 0.05) is 50.2 Å². The molecule has 0 bridgehead atoms. The Morgan fingerprint density at radius 1 is 0.292 bits per heavy atom. The summed E-state index contributed by atoms with van der Waals surface area (Å²) in [6.45, 7) is 0. The number of rotatable bonds is 7. The van der Waals surface area contributed by atoms with Crippen molar-refractivity contribution in [1.29, 1.82) is 0 Å². The van der Waals surface area contributed by atoms with Crippen molar-refractivity contribution < 1.29 is 0 Å². The maximum atomic E-state index is 2.44. The number of hydrogen-bond donors (Lipinski definition) is 0. The fourth-order valence-electron chi connectivity index (χ4n) is 10.2. The molecule has 0 N–H and O–H groups in total. The Kier molecular flexibility index (Phi) is 8.53. The highest BCUT2D eigenvalue weighted by Crippen LogP contribution is 2.52. The molecule has 1 aliphatic heterocycles. The highest BCUT2D eigenvalue weighted by Gasteiger charge is 2.27. The predicted octanol–water partition coefficient (Wildman–Crippen LogP) is 17.3. The minimum absolute atomic E-state index is 1.09. The van der Waals surface area contributed by atoms with Crippen molar-refractivity contribution in [2.75, 3.05) is 9.80 Å². The Morgan fingerprint density at radius 3 is 1.68 bits per heavy atom.